The summed E-state index contributed by atoms with van der Waals surface area (Å²) in [4.78, 5) is 19.0. The van der Waals surface area contributed by atoms with E-state index in [0.717, 1.165) is 34.7 Å². The molecule has 33 heavy (non-hydrogen) atoms. The van der Waals surface area contributed by atoms with E-state index in [9.17, 15) is 4.79 Å². The van der Waals surface area contributed by atoms with Gasteiger partial charge in [-0.2, -0.15) is 0 Å². The first kappa shape index (κ1) is 22.8. The summed E-state index contributed by atoms with van der Waals surface area (Å²) in [7, 11) is 0. The lowest BCUT2D eigenvalue weighted by atomic mass is 10.0. The van der Waals surface area contributed by atoms with E-state index in [2.05, 4.69) is 65.6 Å². The molecule has 0 aliphatic heterocycles. The lowest BCUT2D eigenvalue weighted by Crippen LogP contribution is -2.30. The second kappa shape index (κ2) is 10.5. The molecule has 3 heterocycles. The number of fused-ring (bicyclic) bond motifs is 1. The second-order valence-electron chi connectivity index (χ2n) is 8.58. The van der Waals surface area contributed by atoms with Crippen LogP contribution in [-0.2, 0) is 0 Å². The number of unbranched alkanes of at least 4 members (excludes halogenated alkanes) is 1. The predicted octanol–water partition coefficient (Wildman–Crippen LogP) is 6.05. The fourth-order valence-corrected chi connectivity index (χ4v) is 4.27. The molecule has 4 rings (SSSR count). The Labute approximate surface area is 195 Å². The third kappa shape index (κ3) is 5.34. The van der Waals surface area contributed by atoms with Crippen molar-refractivity contribution in [2.24, 2.45) is 0 Å². The van der Waals surface area contributed by atoms with Gasteiger partial charge in [-0.25, -0.2) is 4.98 Å². The number of aromatic nitrogens is 3. The van der Waals surface area contributed by atoms with Crippen LogP contribution >= 0.6 is 0 Å². The van der Waals surface area contributed by atoms with E-state index in [1.54, 1.807) is 18.5 Å². The van der Waals surface area contributed by atoms with Crippen LogP contribution in [0.3, 0.4) is 0 Å². The Morgan fingerprint density at radius 2 is 1.91 bits per heavy atom. The molecule has 0 fully saturated rings. The van der Waals surface area contributed by atoms with Gasteiger partial charge in [0, 0.05) is 48.0 Å². The molecule has 6 nitrogen and oxygen atoms in total. The zero-order valence-corrected chi connectivity index (χ0v) is 19.6. The summed E-state index contributed by atoms with van der Waals surface area (Å²) in [6.45, 7) is 6.73. The van der Waals surface area contributed by atoms with Crippen molar-refractivity contribution in [3.8, 4) is 11.3 Å². The fourth-order valence-electron chi connectivity index (χ4n) is 4.27. The number of hydrogen-bond acceptors (Lipinski definition) is 4. The Bertz CT molecular complexity index is 1240. The second-order valence-corrected chi connectivity index (χ2v) is 8.58. The first-order valence-corrected chi connectivity index (χ1v) is 11.9. The average Bonchev–Trinajstić information content (AvgIpc) is 3.33. The maximum atomic E-state index is 11.7. The first-order valence-electron chi connectivity index (χ1n) is 11.9. The van der Waals surface area contributed by atoms with Gasteiger partial charge in [-0.05, 0) is 55.7 Å². The van der Waals surface area contributed by atoms with Gasteiger partial charge in [-0.3, -0.25) is 9.20 Å². The van der Waals surface area contributed by atoms with E-state index in [1.165, 1.54) is 24.8 Å². The smallest absolute Gasteiger partial charge is 0.248 e. The van der Waals surface area contributed by atoms with Crippen molar-refractivity contribution in [1.29, 1.82) is 0 Å². The van der Waals surface area contributed by atoms with Crippen LogP contribution in [0.25, 0.3) is 16.9 Å². The molecule has 0 radical (unpaired) electrons. The van der Waals surface area contributed by atoms with Crippen LogP contribution in [0.2, 0.25) is 0 Å². The Morgan fingerprint density at radius 1 is 1.09 bits per heavy atom. The van der Waals surface area contributed by atoms with Gasteiger partial charge in [0.25, 0.3) is 0 Å². The number of benzene rings is 1. The third-order valence-corrected chi connectivity index (χ3v) is 6.19. The quantitative estimate of drug-likeness (QED) is 0.279. The van der Waals surface area contributed by atoms with Gasteiger partial charge < -0.3 is 15.6 Å². The normalized spacial score (nSPS) is 13.2. The Hall–Kier alpha value is -3.38. The Balaban J connectivity index is 1.50. The molecule has 3 aromatic heterocycles. The van der Waals surface area contributed by atoms with E-state index >= 15 is 0 Å². The summed E-state index contributed by atoms with van der Waals surface area (Å²) in [5, 5.41) is 7.27. The lowest BCUT2D eigenvalue weighted by Gasteiger charge is -2.23. The van der Waals surface area contributed by atoms with Crippen LogP contribution in [0.4, 0.5) is 11.4 Å². The monoisotopic (exact) mass is 443 g/mol. The minimum Gasteiger partial charge on any atom is -0.352 e. The molecule has 2 unspecified atom stereocenters. The zero-order valence-electron chi connectivity index (χ0n) is 19.6. The summed E-state index contributed by atoms with van der Waals surface area (Å²) in [5.74, 6) is 0. The molecule has 2 atom stereocenters. The minimum atomic E-state index is -0.123. The van der Waals surface area contributed by atoms with E-state index in [1.807, 2.05) is 28.8 Å². The van der Waals surface area contributed by atoms with Gasteiger partial charge in [-0.1, -0.05) is 38.8 Å². The van der Waals surface area contributed by atoms with Crippen LogP contribution in [0.1, 0.15) is 58.1 Å². The highest BCUT2D eigenvalue weighted by Crippen LogP contribution is 2.27. The van der Waals surface area contributed by atoms with Crippen molar-refractivity contribution in [3.63, 3.8) is 0 Å². The van der Waals surface area contributed by atoms with E-state index < -0.39 is 0 Å². The first-order chi connectivity index (χ1) is 16.1. The van der Waals surface area contributed by atoms with Gasteiger partial charge in [0.2, 0.25) is 5.56 Å². The number of nitrogens with one attached hydrogen (secondary N) is 3. The molecule has 172 valence electrons. The molecule has 0 saturated heterocycles. The molecular formula is C27H33N5O. The molecule has 0 amide bonds. The largest absolute Gasteiger partial charge is 0.352 e. The van der Waals surface area contributed by atoms with Crippen LogP contribution < -0.4 is 16.2 Å². The van der Waals surface area contributed by atoms with E-state index in [-0.39, 0.29) is 5.56 Å². The number of H-pyrrole nitrogens is 1. The minimum absolute atomic E-state index is 0.123. The average molecular weight is 444 g/mol. The van der Waals surface area contributed by atoms with Crippen molar-refractivity contribution in [1.82, 2.24) is 19.7 Å². The number of pyridine rings is 2. The summed E-state index contributed by atoms with van der Waals surface area (Å²) in [6, 6.07) is 17.0. The number of anilines is 2. The fraction of sp³-hybridized carbons (Fsp3) is 0.333. The third-order valence-electron chi connectivity index (χ3n) is 6.19. The molecular weight excluding hydrogens is 410 g/mol. The van der Waals surface area contributed by atoms with Gasteiger partial charge in [-0.15, -0.1) is 0 Å². The van der Waals surface area contributed by atoms with Gasteiger partial charge >= 0.3 is 0 Å². The molecule has 4 aromatic rings. The van der Waals surface area contributed by atoms with E-state index in [4.69, 9.17) is 0 Å². The lowest BCUT2D eigenvalue weighted by molar-refractivity contribution is 0.410. The van der Waals surface area contributed by atoms with Crippen molar-refractivity contribution < 1.29 is 0 Å². The Kier molecular flexibility index (Phi) is 7.25. The summed E-state index contributed by atoms with van der Waals surface area (Å²) in [6.07, 6.45) is 10.2. The number of nitrogens with zero attached hydrogens (tertiary/aromatic N) is 2. The molecule has 0 aliphatic rings. The molecule has 0 bridgehead atoms. The zero-order chi connectivity index (χ0) is 23.2. The topological polar surface area (TPSA) is 74.2 Å². The van der Waals surface area contributed by atoms with Crippen molar-refractivity contribution >= 4 is 17.0 Å². The van der Waals surface area contributed by atoms with Crippen LogP contribution in [-0.4, -0.2) is 20.4 Å². The highest BCUT2D eigenvalue weighted by atomic mass is 16.1. The number of aromatic amines is 1. The summed E-state index contributed by atoms with van der Waals surface area (Å²) >= 11 is 0. The van der Waals surface area contributed by atoms with Crippen LogP contribution in [0.5, 0.6) is 0 Å². The molecule has 0 saturated carbocycles. The standard InChI is InChI=1S/C27H33N5O/c1-4-6-7-22(5-2)30-19(3)20-8-10-23(11-9-20)31-24-12-13-25(32-17-16-29-27(24)32)21-14-15-28-26(33)18-21/h8-19,22,30-31H,4-7H2,1-3H3,(H,28,33). The maximum absolute atomic E-state index is 11.7. The highest BCUT2D eigenvalue weighted by molar-refractivity contribution is 5.78. The van der Waals surface area contributed by atoms with Crippen LogP contribution in [0.15, 0.2) is 71.9 Å². The van der Waals surface area contributed by atoms with Crippen molar-refractivity contribution in [2.75, 3.05) is 5.32 Å². The van der Waals surface area contributed by atoms with Crippen LogP contribution in [0, 0.1) is 0 Å². The maximum Gasteiger partial charge on any atom is 0.248 e. The molecule has 0 spiro atoms. The predicted molar refractivity (Wildman–Crippen MR) is 136 cm³/mol. The molecule has 3 N–H and O–H groups in total. The van der Waals surface area contributed by atoms with E-state index in [0.29, 0.717) is 12.1 Å². The van der Waals surface area contributed by atoms with Crippen molar-refractivity contribution in [3.05, 3.63) is 83.0 Å². The van der Waals surface area contributed by atoms with Gasteiger partial charge in [0.15, 0.2) is 5.65 Å². The number of imidazole rings is 1. The molecule has 0 aliphatic carbocycles. The highest BCUT2D eigenvalue weighted by Gasteiger charge is 2.13. The number of hydrogen-bond donors (Lipinski definition) is 3. The summed E-state index contributed by atoms with van der Waals surface area (Å²) < 4.78 is 2.00. The summed E-state index contributed by atoms with van der Waals surface area (Å²) in [5.41, 5.74) is 5.67. The molecule has 1 aromatic carbocycles. The van der Waals surface area contributed by atoms with Gasteiger partial charge in [0.1, 0.15) is 0 Å². The van der Waals surface area contributed by atoms with Crippen molar-refractivity contribution in [2.45, 2.75) is 58.5 Å². The molecule has 6 heteroatoms. The SMILES string of the molecule is CCCCC(CC)NC(C)c1ccc(Nc2ccc(-c3cc[nH]c(=O)c3)n3ccnc23)cc1. The number of rotatable bonds is 10. The Morgan fingerprint density at radius 3 is 2.64 bits per heavy atom. The van der Waals surface area contributed by atoms with Gasteiger partial charge in [0.05, 0.1) is 11.4 Å².